The van der Waals surface area contributed by atoms with E-state index in [9.17, 15) is 26.5 Å². The van der Waals surface area contributed by atoms with Gasteiger partial charge in [-0.3, -0.25) is 0 Å². The van der Waals surface area contributed by atoms with Crippen LogP contribution in [-0.4, -0.2) is 14.3 Å². The predicted octanol–water partition coefficient (Wildman–Crippen LogP) is 5.83. The van der Waals surface area contributed by atoms with Gasteiger partial charge in [0.05, 0.1) is 5.02 Å². The van der Waals surface area contributed by atoms with Crippen molar-refractivity contribution in [1.82, 2.24) is 9.71 Å². The molecule has 28 heavy (non-hydrogen) atoms. The second-order valence-corrected chi connectivity index (χ2v) is 9.58. The molecule has 0 aliphatic heterocycles. The predicted molar refractivity (Wildman–Crippen MR) is 98.5 cm³/mol. The highest BCUT2D eigenvalue weighted by Gasteiger charge is 2.37. The monoisotopic (exact) mass is 460 g/mol. The molecule has 0 spiro atoms. The summed E-state index contributed by atoms with van der Waals surface area (Å²) < 4.78 is 81.2. The average molecular weight is 461 g/mol. The van der Waals surface area contributed by atoms with Crippen LogP contribution in [0.5, 0.6) is 0 Å². The Hall–Kier alpha value is -1.13. The van der Waals surface area contributed by atoms with Crippen LogP contribution in [0.2, 0.25) is 10.0 Å². The molecule has 11 heteroatoms. The zero-order chi connectivity index (χ0) is 21.4. The van der Waals surface area contributed by atoms with Crippen molar-refractivity contribution in [1.29, 1.82) is 0 Å². The normalized spacial score (nSPS) is 14.8. The van der Waals surface area contributed by atoms with Crippen LogP contribution in [0.4, 0.5) is 22.0 Å². The number of hydrogen-bond donors (Lipinski definition) is 1. The Morgan fingerprint density at radius 3 is 2.25 bits per heavy atom. The van der Waals surface area contributed by atoms with Gasteiger partial charge in [-0.25, -0.2) is 13.8 Å². The number of benzene rings is 1. The standard InChI is InChI=1S/C17H15Cl2F5N2OS/c1-16(2,3)28(27)26-14(9-4-5-11(20)12(19)13(9)21)8-6-10(18)15(25-7-8)17(22,23)24/h4-7,14,26H,1-3H3/t14?,28-/m1/s1. The molecular formula is C17H15Cl2F5N2OS. The maximum atomic E-state index is 14.6. The van der Waals surface area contributed by atoms with Crippen molar-refractivity contribution in [2.75, 3.05) is 0 Å². The number of halogens is 7. The van der Waals surface area contributed by atoms with Gasteiger partial charge in [-0.15, -0.1) is 4.72 Å². The Balaban J connectivity index is 2.60. The number of nitrogens with one attached hydrogen (secondary N) is 1. The summed E-state index contributed by atoms with van der Waals surface area (Å²) in [6, 6.07) is 1.64. The molecule has 0 aliphatic carbocycles. The molecule has 0 amide bonds. The minimum atomic E-state index is -4.78. The van der Waals surface area contributed by atoms with Crippen molar-refractivity contribution in [2.45, 2.75) is 37.7 Å². The molecule has 2 rings (SSSR count). The zero-order valence-electron chi connectivity index (χ0n) is 14.8. The molecule has 1 aromatic carbocycles. The molecule has 0 saturated carbocycles. The third kappa shape index (κ3) is 5.07. The van der Waals surface area contributed by atoms with Gasteiger partial charge in [0.1, 0.15) is 27.4 Å². The summed E-state index contributed by atoms with van der Waals surface area (Å²) in [5, 5.41) is -1.51. The highest BCUT2D eigenvalue weighted by Crippen LogP contribution is 2.36. The molecule has 0 aliphatic rings. The molecule has 0 bridgehead atoms. The summed E-state index contributed by atoms with van der Waals surface area (Å²) in [6.45, 7) is 4.91. The Labute approximate surface area is 171 Å². The molecule has 1 aromatic heterocycles. The Bertz CT molecular complexity index is 874. The fourth-order valence-corrected chi connectivity index (χ4v) is 3.46. The van der Waals surface area contributed by atoms with Crippen molar-refractivity contribution in [3.05, 3.63) is 62.9 Å². The molecule has 2 aromatic rings. The van der Waals surface area contributed by atoms with Gasteiger partial charge in [0.2, 0.25) is 0 Å². The second-order valence-electron chi connectivity index (χ2n) is 6.79. The molecule has 154 valence electrons. The minimum absolute atomic E-state index is 0.00262. The summed E-state index contributed by atoms with van der Waals surface area (Å²) in [5.74, 6) is -2.15. The number of rotatable bonds is 4. The van der Waals surface area contributed by atoms with E-state index in [1.165, 1.54) is 0 Å². The number of alkyl halides is 3. The van der Waals surface area contributed by atoms with Gasteiger partial charge in [-0.05, 0) is 38.5 Å². The zero-order valence-corrected chi connectivity index (χ0v) is 17.1. The first-order valence-electron chi connectivity index (χ1n) is 7.77. The SMILES string of the molecule is CC(C)(C)[S@@+]([O-])NC(c1cnc(C(F)(F)F)c(Cl)c1)c1ccc(F)c(Cl)c1F. The lowest BCUT2D eigenvalue weighted by Crippen LogP contribution is -2.41. The van der Waals surface area contributed by atoms with Crippen molar-refractivity contribution < 1.29 is 26.5 Å². The Kier molecular flexibility index (Phi) is 6.87. The minimum Gasteiger partial charge on any atom is -0.598 e. The lowest BCUT2D eigenvalue weighted by molar-refractivity contribution is -0.141. The van der Waals surface area contributed by atoms with E-state index in [-0.39, 0.29) is 11.1 Å². The maximum absolute atomic E-state index is 14.6. The average Bonchev–Trinajstić information content (AvgIpc) is 2.56. The summed E-state index contributed by atoms with van der Waals surface area (Å²) in [5.41, 5.74) is -1.54. The summed E-state index contributed by atoms with van der Waals surface area (Å²) in [4.78, 5) is 3.31. The van der Waals surface area contributed by atoms with Gasteiger partial charge in [0.25, 0.3) is 0 Å². The molecule has 3 nitrogen and oxygen atoms in total. The molecule has 0 radical (unpaired) electrons. The highest BCUT2D eigenvalue weighted by atomic mass is 35.5. The molecule has 1 unspecified atom stereocenters. The van der Waals surface area contributed by atoms with Crippen LogP contribution < -0.4 is 4.72 Å². The lowest BCUT2D eigenvalue weighted by atomic mass is 10.00. The first-order valence-corrected chi connectivity index (χ1v) is 9.68. The van der Waals surface area contributed by atoms with Crippen LogP contribution in [0.1, 0.15) is 43.6 Å². The van der Waals surface area contributed by atoms with E-state index in [0.29, 0.717) is 0 Å². The quantitative estimate of drug-likeness (QED) is 0.354. The lowest BCUT2D eigenvalue weighted by Gasteiger charge is -2.28. The van der Waals surface area contributed by atoms with Gasteiger partial charge < -0.3 is 4.55 Å². The molecule has 0 fully saturated rings. The number of nitrogens with zero attached hydrogens (tertiary/aromatic N) is 1. The first kappa shape index (κ1) is 23.2. The van der Waals surface area contributed by atoms with Crippen LogP contribution in [0.3, 0.4) is 0 Å². The number of pyridine rings is 1. The molecule has 1 heterocycles. The van der Waals surface area contributed by atoms with Gasteiger partial charge in [0.15, 0.2) is 5.69 Å². The van der Waals surface area contributed by atoms with Gasteiger partial charge in [-0.1, -0.05) is 29.3 Å². The van der Waals surface area contributed by atoms with Crippen LogP contribution in [0.15, 0.2) is 24.4 Å². The van der Waals surface area contributed by atoms with Crippen LogP contribution in [0.25, 0.3) is 0 Å². The van der Waals surface area contributed by atoms with E-state index >= 15 is 0 Å². The van der Waals surface area contributed by atoms with Gasteiger partial charge in [-0.2, -0.15) is 13.2 Å². The van der Waals surface area contributed by atoms with Crippen molar-refractivity contribution in [3.8, 4) is 0 Å². The van der Waals surface area contributed by atoms with E-state index < -0.39 is 55.7 Å². The van der Waals surface area contributed by atoms with E-state index in [4.69, 9.17) is 23.2 Å². The van der Waals surface area contributed by atoms with Crippen molar-refractivity contribution >= 4 is 34.6 Å². The van der Waals surface area contributed by atoms with Gasteiger partial charge in [0, 0.05) is 23.1 Å². The second kappa shape index (κ2) is 8.31. The smallest absolute Gasteiger partial charge is 0.434 e. The molecular weight excluding hydrogens is 446 g/mol. The van der Waals surface area contributed by atoms with Gasteiger partial charge >= 0.3 is 6.18 Å². The fourth-order valence-electron chi connectivity index (χ4n) is 2.18. The topological polar surface area (TPSA) is 48.0 Å². The fraction of sp³-hybridized carbons (Fsp3) is 0.353. The van der Waals surface area contributed by atoms with E-state index in [0.717, 1.165) is 24.4 Å². The van der Waals surface area contributed by atoms with E-state index in [1.54, 1.807) is 20.8 Å². The summed E-state index contributed by atoms with van der Waals surface area (Å²) >= 11 is 9.55. The number of hydrogen-bond acceptors (Lipinski definition) is 3. The largest absolute Gasteiger partial charge is 0.598 e. The van der Waals surface area contributed by atoms with E-state index in [2.05, 4.69) is 9.71 Å². The van der Waals surface area contributed by atoms with Crippen LogP contribution in [0, 0.1) is 11.6 Å². The van der Waals surface area contributed by atoms with Crippen LogP contribution in [-0.2, 0) is 17.5 Å². The third-order valence-electron chi connectivity index (χ3n) is 3.62. The van der Waals surface area contributed by atoms with Crippen molar-refractivity contribution in [2.24, 2.45) is 0 Å². The molecule has 2 atom stereocenters. The Morgan fingerprint density at radius 2 is 1.75 bits per heavy atom. The summed E-state index contributed by atoms with van der Waals surface area (Å²) in [6.07, 6.45) is -3.94. The highest BCUT2D eigenvalue weighted by molar-refractivity contribution is 7.90. The van der Waals surface area contributed by atoms with Crippen LogP contribution >= 0.6 is 23.2 Å². The number of aromatic nitrogens is 1. The van der Waals surface area contributed by atoms with E-state index in [1.807, 2.05) is 0 Å². The summed E-state index contributed by atoms with van der Waals surface area (Å²) in [7, 11) is 0. The molecule has 1 N–H and O–H groups in total. The molecule has 0 saturated heterocycles. The third-order valence-corrected chi connectivity index (χ3v) is 5.82. The Morgan fingerprint density at radius 1 is 1.14 bits per heavy atom. The maximum Gasteiger partial charge on any atom is 0.434 e. The first-order chi connectivity index (χ1) is 12.7. The van der Waals surface area contributed by atoms with Crippen molar-refractivity contribution in [3.63, 3.8) is 0 Å².